The average Bonchev–Trinajstić information content (AvgIpc) is 3.27. The molecule has 0 spiro atoms. The first kappa shape index (κ1) is 16.8. The minimum absolute atomic E-state index is 0.393. The normalized spacial score (nSPS) is 22.7. The molecule has 130 valence electrons. The molecule has 0 radical (unpaired) electrons. The van der Waals surface area contributed by atoms with Crippen molar-refractivity contribution < 1.29 is 0 Å². The van der Waals surface area contributed by atoms with Crippen LogP contribution in [0.25, 0.3) is 0 Å². The van der Waals surface area contributed by atoms with Gasteiger partial charge in [-0.25, -0.2) is 4.68 Å². The van der Waals surface area contributed by atoms with Gasteiger partial charge in [-0.3, -0.25) is 4.90 Å². The van der Waals surface area contributed by atoms with Gasteiger partial charge >= 0.3 is 0 Å². The number of aromatic nitrogens is 4. The van der Waals surface area contributed by atoms with E-state index in [1.807, 2.05) is 0 Å². The van der Waals surface area contributed by atoms with Gasteiger partial charge in [-0.1, -0.05) is 39.5 Å². The van der Waals surface area contributed by atoms with Gasteiger partial charge in [0, 0.05) is 26.2 Å². The van der Waals surface area contributed by atoms with Gasteiger partial charge in [0.1, 0.15) is 0 Å². The second-order valence-electron chi connectivity index (χ2n) is 7.05. The predicted molar refractivity (Wildman–Crippen MR) is 91.3 cm³/mol. The standard InChI is InChI=1S/C17H32N6/c1-3-5-10-16(22-13-11-21(4-2)12-14-22)17-18-19-20-23(17)15-8-6-7-9-15/h15-16H,3-14H2,1-2H3/t16-/m1/s1. The molecule has 6 heteroatoms. The maximum Gasteiger partial charge on any atom is 0.168 e. The van der Waals surface area contributed by atoms with Crippen LogP contribution in [-0.2, 0) is 0 Å². The van der Waals surface area contributed by atoms with E-state index >= 15 is 0 Å². The lowest BCUT2D eigenvalue weighted by Crippen LogP contribution is -2.48. The molecule has 2 fully saturated rings. The van der Waals surface area contributed by atoms with Crippen molar-refractivity contribution in [1.29, 1.82) is 0 Å². The highest BCUT2D eigenvalue weighted by atomic mass is 15.6. The summed E-state index contributed by atoms with van der Waals surface area (Å²) in [6, 6.07) is 0.922. The van der Waals surface area contributed by atoms with E-state index in [1.165, 1.54) is 58.0 Å². The first-order valence-corrected chi connectivity index (χ1v) is 9.57. The first-order chi connectivity index (χ1) is 11.3. The summed E-state index contributed by atoms with van der Waals surface area (Å²) in [5.41, 5.74) is 0. The van der Waals surface area contributed by atoms with Crippen LogP contribution in [0, 0.1) is 0 Å². The van der Waals surface area contributed by atoms with Gasteiger partial charge in [-0.2, -0.15) is 0 Å². The van der Waals surface area contributed by atoms with Crippen LogP contribution in [-0.4, -0.2) is 62.7 Å². The lowest BCUT2D eigenvalue weighted by Gasteiger charge is -2.38. The zero-order valence-electron chi connectivity index (χ0n) is 14.8. The van der Waals surface area contributed by atoms with E-state index in [0.29, 0.717) is 12.1 Å². The van der Waals surface area contributed by atoms with Gasteiger partial charge in [0.25, 0.3) is 0 Å². The Balaban J connectivity index is 1.75. The van der Waals surface area contributed by atoms with Crippen LogP contribution in [0.1, 0.15) is 76.7 Å². The van der Waals surface area contributed by atoms with Crippen molar-refractivity contribution in [2.24, 2.45) is 0 Å². The highest BCUT2D eigenvalue weighted by Gasteiger charge is 2.31. The molecular weight excluding hydrogens is 288 g/mol. The molecule has 0 unspecified atom stereocenters. The van der Waals surface area contributed by atoms with Crippen LogP contribution in [0.3, 0.4) is 0 Å². The van der Waals surface area contributed by atoms with Crippen molar-refractivity contribution in [2.45, 2.75) is 70.9 Å². The number of unbranched alkanes of at least 4 members (excludes halogenated alkanes) is 1. The fraction of sp³-hybridized carbons (Fsp3) is 0.941. The third kappa shape index (κ3) is 3.91. The summed E-state index contributed by atoms with van der Waals surface area (Å²) in [7, 11) is 0. The van der Waals surface area contributed by atoms with Crippen LogP contribution in [0.4, 0.5) is 0 Å². The molecule has 0 N–H and O–H groups in total. The van der Waals surface area contributed by atoms with Gasteiger partial charge in [0.05, 0.1) is 12.1 Å². The Morgan fingerprint density at radius 1 is 1.09 bits per heavy atom. The monoisotopic (exact) mass is 320 g/mol. The molecule has 0 amide bonds. The van der Waals surface area contributed by atoms with Crippen LogP contribution in [0.5, 0.6) is 0 Å². The summed E-state index contributed by atoms with van der Waals surface area (Å²) < 4.78 is 2.17. The van der Waals surface area contributed by atoms with Crippen LogP contribution in [0.15, 0.2) is 0 Å². The molecule has 2 aliphatic rings. The van der Waals surface area contributed by atoms with Crippen molar-refractivity contribution in [3.8, 4) is 0 Å². The summed E-state index contributed by atoms with van der Waals surface area (Å²) >= 11 is 0. The van der Waals surface area contributed by atoms with Gasteiger partial charge in [-0.15, -0.1) is 5.10 Å². The highest BCUT2D eigenvalue weighted by Crippen LogP contribution is 2.33. The van der Waals surface area contributed by atoms with Crippen molar-refractivity contribution in [2.75, 3.05) is 32.7 Å². The molecule has 1 aromatic heterocycles. The zero-order chi connectivity index (χ0) is 16.1. The van der Waals surface area contributed by atoms with Gasteiger partial charge in [0.15, 0.2) is 5.82 Å². The molecule has 1 aromatic rings. The number of tetrazole rings is 1. The summed E-state index contributed by atoms with van der Waals surface area (Å²) in [5.74, 6) is 1.12. The lowest BCUT2D eigenvalue weighted by atomic mass is 10.1. The van der Waals surface area contributed by atoms with E-state index in [9.17, 15) is 0 Å². The topological polar surface area (TPSA) is 50.1 Å². The summed E-state index contributed by atoms with van der Waals surface area (Å²) in [5, 5.41) is 12.9. The molecule has 23 heavy (non-hydrogen) atoms. The van der Waals surface area contributed by atoms with E-state index in [4.69, 9.17) is 0 Å². The zero-order valence-corrected chi connectivity index (χ0v) is 14.8. The van der Waals surface area contributed by atoms with Crippen LogP contribution >= 0.6 is 0 Å². The second-order valence-corrected chi connectivity index (χ2v) is 7.05. The largest absolute Gasteiger partial charge is 0.301 e. The number of nitrogens with zero attached hydrogens (tertiary/aromatic N) is 6. The highest BCUT2D eigenvalue weighted by molar-refractivity contribution is 4.97. The number of hydrogen-bond donors (Lipinski definition) is 0. The Hall–Kier alpha value is -1.01. The summed E-state index contributed by atoms with van der Waals surface area (Å²) in [4.78, 5) is 5.16. The lowest BCUT2D eigenvalue weighted by molar-refractivity contribution is 0.0870. The predicted octanol–water partition coefficient (Wildman–Crippen LogP) is 2.66. The molecule has 2 heterocycles. The van der Waals surface area contributed by atoms with E-state index < -0.39 is 0 Å². The molecule has 1 aliphatic carbocycles. The van der Waals surface area contributed by atoms with Gasteiger partial charge < -0.3 is 4.90 Å². The maximum absolute atomic E-state index is 4.47. The Kier molecular flexibility index (Phi) is 6.00. The molecule has 6 nitrogen and oxygen atoms in total. The molecule has 1 saturated carbocycles. The summed E-state index contributed by atoms with van der Waals surface area (Å²) in [6.45, 7) is 10.3. The maximum atomic E-state index is 4.47. The quantitative estimate of drug-likeness (QED) is 0.773. The number of hydrogen-bond acceptors (Lipinski definition) is 5. The van der Waals surface area contributed by atoms with E-state index in [0.717, 1.165) is 25.5 Å². The Bertz CT molecular complexity index is 459. The second kappa shape index (κ2) is 8.20. The molecule has 1 saturated heterocycles. The SMILES string of the molecule is CCCC[C@H](c1nnnn1C1CCCC1)N1CCN(CC)CC1. The smallest absolute Gasteiger partial charge is 0.168 e. The Labute approximate surface area is 140 Å². The number of piperazine rings is 1. The van der Waals surface area contributed by atoms with Crippen molar-refractivity contribution in [3.05, 3.63) is 5.82 Å². The summed E-state index contributed by atoms with van der Waals surface area (Å²) in [6.07, 6.45) is 8.77. The third-order valence-electron chi connectivity index (χ3n) is 5.61. The van der Waals surface area contributed by atoms with Crippen LogP contribution < -0.4 is 0 Å². The molecule has 3 rings (SSSR count). The molecular formula is C17H32N6. The fourth-order valence-electron chi connectivity index (χ4n) is 4.09. The van der Waals surface area contributed by atoms with Crippen LogP contribution in [0.2, 0.25) is 0 Å². The van der Waals surface area contributed by atoms with Crippen molar-refractivity contribution >= 4 is 0 Å². The Morgan fingerprint density at radius 3 is 2.48 bits per heavy atom. The van der Waals surface area contributed by atoms with Crippen molar-refractivity contribution in [1.82, 2.24) is 30.0 Å². The minimum atomic E-state index is 0.393. The van der Waals surface area contributed by atoms with E-state index in [1.54, 1.807) is 0 Å². The molecule has 0 bridgehead atoms. The van der Waals surface area contributed by atoms with E-state index in [-0.39, 0.29) is 0 Å². The first-order valence-electron chi connectivity index (χ1n) is 9.57. The number of likely N-dealkylation sites (N-methyl/N-ethyl adjacent to an activating group) is 1. The van der Waals surface area contributed by atoms with Gasteiger partial charge in [-0.05, 0) is 36.2 Å². The third-order valence-corrected chi connectivity index (χ3v) is 5.61. The molecule has 0 aromatic carbocycles. The molecule has 1 atom stereocenters. The Morgan fingerprint density at radius 2 is 1.83 bits per heavy atom. The number of rotatable bonds is 7. The van der Waals surface area contributed by atoms with Gasteiger partial charge in [0.2, 0.25) is 0 Å². The van der Waals surface area contributed by atoms with E-state index in [2.05, 4.69) is 43.9 Å². The average molecular weight is 320 g/mol. The van der Waals surface area contributed by atoms with Crippen molar-refractivity contribution in [3.63, 3.8) is 0 Å². The minimum Gasteiger partial charge on any atom is -0.301 e. The molecule has 1 aliphatic heterocycles. The fourth-order valence-corrected chi connectivity index (χ4v) is 4.09.